The molecular formula is C12H12N4. The number of hydrogen-bond acceptors (Lipinski definition) is 1. The zero-order valence-corrected chi connectivity index (χ0v) is 8.85. The van der Waals surface area contributed by atoms with Gasteiger partial charge in [-0.15, -0.1) is 0 Å². The Morgan fingerprint density at radius 3 is 3.00 bits per heavy atom. The molecule has 0 aliphatic heterocycles. The first-order valence-electron chi connectivity index (χ1n) is 5.49. The Labute approximate surface area is 92.9 Å². The smallest absolute Gasteiger partial charge is 0.0662 e. The second kappa shape index (κ2) is 3.58. The molecule has 1 aromatic heterocycles. The number of aromatic amines is 1. The summed E-state index contributed by atoms with van der Waals surface area (Å²) in [6.45, 7) is 0.393. The number of azide groups is 1. The molecule has 2 aromatic rings. The van der Waals surface area contributed by atoms with Crippen molar-refractivity contribution < 1.29 is 0 Å². The van der Waals surface area contributed by atoms with Gasteiger partial charge < -0.3 is 4.98 Å². The van der Waals surface area contributed by atoms with Crippen LogP contribution in [0.15, 0.2) is 29.4 Å². The molecule has 0 spiro atoms. The van der Waals surface area contributed by atoms with Crippen molar-refractivity contribution in [3.63, 3.8) is 0 Å². The van der Waals surface area contributed by atoms with Gasteiger partial charge in [0.1, 0.15) is 0 Å². The maximum absolute atomic E-state index is 8.27. The van der Waals surface area contributed by atoms with Crippen LogP contribution >= 0.6 is 0 Å². The van der Waals surface area contributed by atoms with E-state index in [0.29, 0.717) is 6.54 Å². The first-order chi connectivity index (χ1) is 7.86. The monoisotopic (exact) mass is 212 g/mol. The van der Waals surface area contributed by atoms with Gasteiger partial charge in [0.15, 0.2) is 0 Å². The Morgan fingerprint density at radius 2 is 2.25 bits per heavy atom. The molecule has 1 heterocycles. The van der Waals surface area contributed by atoms with Gasteiger partial charge in [-0.05, 0) is 47.4 Å². The normalized spacial score (nSPS) is 15.0. The standard InChI is InChI=1S/C12H12N4/c13-16-14-7-11-5-10-4-3-9(8-1-2-8)6-12(10)15-11/h3-6,8,15H,1-2,7H2. The van der Waals surface area contributed by atoms with Gasteiger partial charge in [-0.3, -0.25) is 0 Å². The second-order valence-electron chi connectivity index (χ2n) is 4.30. The molecule has 1 fully saturated rings. The highest BCUT2D eigenvalue weighted by molar-refractivity contribution is 5.81. The Hall–Kier alpha value is -1.93. The van der Waals surface area contributed by atoms with E-state index in [1.54, 1.807) is 0 Å². The molecule has 4 heteroatoms. The second-order valence-corrected chi connectivity index (χ2v) is 4.30. The molecule has 0 atom stereocenters. The topological polar surface area (TPSA) is 64.6 Å². The van der Waals surface area contributed by atoms with Gasteiger partial charge >= 0.3 is 0 Å². The van der Waals surface area contributed by atoms with Crippen LogP contribution in [-0.2, 0) is 6.54 Å². The summed E-state index contributed by atoms with van der Waals surface area (Å²) < 4.78 is 0. The van der Waals surface area contributed by atoms with Crippen LogP contribution in [0.5, 0.6) is 0 Å². The van der Waals surface area contributed by atoms with Crippen molar-refractivity contribution in [2.45, 2.75) is 25.3 Å². The predicted octanol–water partition coefficient (Wildman–Crippen LogP) is 3.86. The quantitative estimate of drug-likeness (QED) is 0.456. The van der Waals surface area contributed by atoms with Crippen LogP contribution in [0.3, 0.4) is 0 Å². The van der Waals surface area contributed by atoms with E-state index in [4.69, 9.17) is 5.53 Å². The number of H-pyrrole nitrogens is 1. The largest absolute Gasteiger partial charge is 0.358 e. The van der Waals surface area contributed by atoms with Crippen molar-refractivity contribution in [1.29, 1.82) is 0 Å². The molecule has 1 aromatic carbocycles. The fourth-order valence-electron chi connectivity index (χ4n) is 2.07. The van der Waals surface area contributed by atoms with Gasteiger partial charge in [0.05, 0.1) is 6.54 Å². The summed E-state index contributed by atoms with van der Waals surface area (Å²) in [7, 11) is 0. The third-order valence-electron chi connectivity index (χ3n) is 3.06. The van der Waals surface area contributed by atoms with E-state index in [1.165, 1.54) is 23.8 Å². The molecule has 1 aliphatic rings. The van der Waals surface area contributed by atoms with Crippen LogP contribution in [0.2, 0.25) is 0 Å². The SMILES string of the molecule is [N-]=[N+]=NCc1cc2ccc(C3CC3)cc2[nH]1. The average Bonchev–Trinajstić information content (AvgIpc) is 3.06. The summed E-state index contributed by atoms with van der Waals surface area (Å²) in [6.07, 6.45) is 2.63. The molecule has 1 N–H and O–H groups in total. The lowest BCUT2D eigenvalue weighted by atomic mass is 10.1. The van der Waals surface area contributed by atoms with Gasteiger partial charge in [0, 0.05) is 16.1 Å². The fraction of sp³-hybridized carbons (Fsp3) is 0.333. The zero-order chi connectivity index (χ0) is 11.0. The Bertz CT molecular complexity index is 574. The maximum Gasteiger partial charge on any atom is 0.0662 e. The number of fused-ring (bicyclic) bond motifs is 1. The molecule has 16 heavy (non-hydrogen) atoms. The summed E-state index contributed by atoms with van der Waals surface area (Å²) in [5.74, 6) is 0.772. The lowest BCUT2D eigenvalue weighted by Crippen LogP contribution is -1.79. The molecule has 0 unspecified atom stereocenters. The van der Waals surface area contributed by atoms with Gasteiger partial charge in [-0.1, -0.05) is 17.2 Å². The van der Waals surface area contributed by atoms with E-state index in [2.05, 4.69) is 33.2 Å². The molecule has 0 bridgehead atoms. The van der Waals surface area contributed by atoms with Crippen LogP contribution in [0.1, 0.15) is 30.0 Å². The molecule has 0 saturated heterocycles. The molecule has 0 amide bonds. The van der Waals surface area contributed by atoms with E-state index < -0.39 is 0 Å². The Morgan fingerprint density at radius 1 is 1.38 bits per heavy atom. The van der Waals surface area contributed by atoms with E-state index in [9.17, 15) is 0 Å². The zero-order valence-electron chi connectivity index (χ0n) is 8.85. The lowest BCUT2D eigenvalue weighted by molar-refractivity contribution is 1.00. The summed E-state index contributed by atoms with van der Waals surface area (Å²) in [4.78, 5) is 6.05. The van der Waals surface area contributed by atoms with Gasteiger partial charge in [-0.25, -0.2) is 0 Å². The molecule has 80 valence electrons. The summed E-state index contributed by atoms with van der Waals surface area (Å²) in [5.41, 5.74) is 11.8. The summed E-state index contributed by atoms with van der Waals surface area (Å²) in [5, 5.41) is 4.74. The maximum atomic E-state index is 8.27. The van der Waals surface area contributed by atoms with Crippen LogP contribution in [0.25, 0.3) is 21.3 Å². The predicted molar refractivity (Wildman–Crippen MR) is 63.1 cm³/mol. The minimum atomic E-state index is 0.393. The Kier molecular flexibility index (Phi) is 2.08. The third-order valence-corrected chi connectivity index (χ3v) is 3.06. The lowest BCUT2D eigenvalue weighted by Gasteiger charge is -1.96. The van der Waals surface area contributed by atoms with Crippen molar-refractivity contribution in [2.75, 3.05) is 0 Å². The fourth-order valence-corrected chi connectivity index (χ4v) is 2.07. The summed E-state index contributed by atoms with van der Waals surface area (Å²) in [6, 6.07) is 8.59. The van der Waals surface area contributed by atoms with Gasteiger partial charge in [0.2, 0.25) is 0 Å². The van der Waals surface area contributed by atoms with Crippen molar-refractivity contribution >= 4 is 10.9 Å². The average molecular weight is 212 g/mol. The number of rotatable bonds is 3. The molecule has 0 radical (unpaired) electrons. The number of nitrogens with one attached hydrogen (secondary N) is 1. The minimum absolute atomic E-state index is 0.393. The molecular weight excluding hydrogens is 200 g/mol. The first-order valence-corrected chi connectivity index (χ1v) is 5.49. The van der Waals surface area contributed by atoms with Crippen LogP contribution in [0.4, 0.5) is 0 Å². The van der Waals surface area contributed by atoms with E-state index in [0.717, 1.165) is 17.1 Å². The Balaban J connectivity index is 1.99. The van der Waals surface area contributed by atoms with Gasteiger partial charge in [-0.2, -0.15) is 0 Å². The number of benzene rings is 1. The van der Waals surface area contributed by atoms with Crippen LogP contribution < -0.4 is 0 Å². The van der Waals surface area contributed by atoms with Crippen molar-refractivity contribution in [3.05, 3.63) is 46.0 Å². The first kappa shape index (κ1) is 9.31. The van der Waals surface area contributed by atoms with E-state index in [1.807, 2.05) is 6.07 Å². The van der Waals surface area contributed by atoms with Crippen molar-refractivity contribution in [1.82, 2.24) is 4.98 Å². The highest BCUT2D eigenvalue weighted by atomic mass is 15.1. The summed E-state index contributed by atoms with van der Waals surface area (Å²) >= 11 is 0. The highest BCUT2D eigenvalue weighted by Crippen LogP contribution is 2.40. The third kappa shape index (κ3) is 1.64. The van der Waals surface area contributed by atoms with Crippen molar-refractivity contribution in [2.24, 2.45) is 5.11 Å². The minimum Gasteiger partial charge on any atom is -0.358 e. The van der Waals surface area contributed by atoms with Crippen LogP contribution in [0, 0.1) is 0 Å². The van der Waals surface area contributed by atoms with Gasteiger partial charge in [0.25, 0.3) is 0 Å². The molecule has 4 nitrogen and oxygen atoms in total. The molecule has 1 aliphatic carbocycles. The van der Waals surface area contributed by atoms with Crippen LogP contribution in [-0.4, -0.2) is 4.98 Å². The van der Waals surface area contributed by atoms with E-state index >= 15 is 0 Å². The number of nitrogens with zero attached hydrogens (tertiary/aromatic N) is 3. The molecule has 1 saturated carbocycles. The number of hydrogen-bond donors (Lipinski definition) is 1. The number of aromatic nitrogens is 1. The van der Waals surface area contributed by atoms with E-state index in [-0.39, 0.29) is 0 Å². The molecule has 3 rings (SSSR count). The van der Waals surface area contributed by atoms with Crippen molar-refractivity contribution in [3.8, 4) is 0 Å². The highest BCUT2D eigenvalue weighted by Gasteiger charge is 2.23.